The van der Waals surface area contributed by atoms with E-state index in [1.165, 1.54) is 63.2 Å². The van der Waals surface area contributed by atoms with Crippen molar-refractivity contribution in [2.75, 3.05) is 39.0 Å². The van der Waals surface area contributed by atoms with Gasteiger partial charge in [0.05, 0.1) is 4.90 Å². The number of nitrogens with zero attached hydrogens (tertiary/aromatic N) is 2. The fraction of sp³-hybridized carbons (Fsp3) is 0.542. The molecule has 2 N–H and O–H groups in total. The molecule has 0 radical (unpaired) electrons. The maximum Gasteiger partial charge on any atom is 0.251 e. The van der Waals surface area contributed by atoms with Crippen molar-refractivity contribution in [1.82, 2.24) is 14.5 Å². The van der Waals surface area contributed by atoms with E-state index < -0.39 is 10.0 Å². The SMILES string of the molecule is CN(C)S(=O)(=O)c1cc(NCc2ccsc2)cc(C(=O)NC[C@@H]2CCCN3CCCC[C@H]23)c1. The van der Waals surface area contributed by atoms with Crippen molar-refractivity contribution in [2.24, 2.45) is 5.92 Å². The summed E-state index contributed by atoms with van der Waals surface area (Å²) in [6.07, 6.45) is 6.03. The Balaban J connectivity index is 1.50. The van der Waals surface area contributed by atoms with Gasteiger partial charge in [0.2, 0.25) is 10.0 Å². The molecule has 1 aromatic carbocycles. The van der Waals surface area contributed by atoms with Crippen LogP contribution in [0.2, 0.25) is 0 Å². The minimum atomic E-state index is -3.67. The fourth-order valence-electron chi connectivity index (χ4n) is 4.93. The molecule has 2 fully saturated rings. The van der Waals surface area contributed by atoms with Crippen molar-refractivity contribution in [1.29, 1.82) is 0 Å². The number of thiophene rings is 1. The van der Waals surface area contributed by atoms with Gasteiger partial charge in [-0.3, -0.25) is 4.79 Å². The predicted molar refractivity (Wildman–Crippen MR) is 133 cm³/mol. The smallest absolute Gasteiger partial charge is 0.251 e. The van der Waals surface area contributed by atoms with Crippen molar-refractivity contribution in [2.45, 2.75) is 49.6 Å². The van der Waals surface area contributed by atoms with Gasteiger partial charge in [0.25, 0.3) is 5.91 Å². The number of carbonyl (C=O) groups is 1. The molecule has 2 aliphatic heterocycles. The number of amides is 1. The normalized spacial score (nSPS) is 21.5. The van der Waals surface area contributed by atoms with Gasteiger partial charge in [-0.1, -0.05) is 6.42 Å². The van der Waals surface area contributed by atoms with Crippen LogP contribution in [0.15, 0.2) is 39.9 Å². The summed E-state index contributed by atoms with van der Waals surface area (Å²) in [6, 6.07) is 7.39. The second-order valence-electron chi connectivity index (χ2n) is 9.23. The summed E-state index contributed by atoms with van der Waals surface area (Å²) < 4.78 is 26.8. The number of anilines is 1. The lowest BCUT2D eigenvalue weighted by atomic mass is 9.83. The number of sulfonamides is 1. The Hall–Kier alpha value is -1.94. The number of rotatable bonds is 8. The fourth-order valence-corrected chi connectivity index (χ4v) is 6.57. The molecular weight excluding hydrogens is 456 g/mol. The predicted octanol–water partition coefficient (Wildman–Crippen LogP) is 3.60. The van der Waals surface area contributed by atoms with E-state index in [9.17, 15) is 13.2 Å². The molecule has 2 saturated heterocycles. The molecule has 0 bridgehead atoms. The van der Waals surface area contributed by atoms with Crippen molar-refractivity contribution >= 4 is 33.0 Å². The Bertz CT molecular complexity index is 1050. The van der Waals surface area contributed by atoms with Gasteiger partial charge in [0, 0.05) is 44.5 Å². The van der Waals surface area contributed by atoms with E-state index in [4.69, 9.17) is 0 Å². The molecule has 0 saturated carbocycles. The summed E-state index contributed by atoms with van der Waals surface area (Å²) in [7, 11) is -0.671. The molecule has 3 heterocycles. The van der Waals surface area contributed by atoms with Gasteiger partial charge >= 0.3 is 0 Å². The lowest BCUT2D eigenvalue weighted by molar-refractivity contribution is 0.0575. The second kappa shape index (κ2) is 10.5. The Kier molecular flexibility index (Phi) is 7.73. The monoisotopic (exact) mass is 490 g/mol. The molecule has 7 nitrogen and oxygen atoms in total. The number of hydrogen-bond acceptors (Lipinski definition) is 6. The molecule has 4 rings (SSSR count). The Morgan fingerprint density at radius 3 is 2.73 bits per heavy atom. The van der Waals surface area contributed by atoms with Crippen LogP contribution in [0.1, 0.15) is 48.0 Å². The van der Waals surface area contributed by atoms with E-state index in [1.54, 1.807) is 23.5 Å². The lowest BCUT2D eigenvalue weighted by Gasteiger charge is -2.44. The van der Waals surface area contributed by atoms with Gasteiger partial charge in [-0.2, -0.15) is 11.3 Å². The molecular formula is C24H34N4O3S2. The maximum atomic E-state index is 13.1. The standard InChI is InChI=1S/C24H34N4O3S2/c1-27(2)33(30,31)22-13-20(12-21(14-22)25-15-18-8-11-32-17-18)24(29)26-16-19-6-5-10-28-9-4-3-7-23(19)28/h8,11-14,17,19,23,25H,3-7,9-10,15-16H2,1-2H3,(H,26,29)/t19-,23+/m0/s1. The minimum Gasteiger partial charge on any atom is -0.381 e. The van der Waals surface area contributed by atoms with E-state index in [0.717, 1.165) is 12.0 Å². The first-order chi connectivity index (χ1) is 15.8. The Labute approximate surface area is 201 Å². The third kappa shape index (κ3) is 5.77. The summed E-state index contributed by atoms with van der Waals surface area (Å²) in [4.78, 5) is 15.8. The molecule has 2 aromatic rings. The van der Waals surface area contributed by atoms with Gasteiger partial charge in [0.15, 0.2) is 0 Å². The number of piperidine rings is 2. The average Bonchev–Trinajstić information content (AvgIpc) is 3.34. The zero-order valence-corrected chi connectivity index (χ0v) is 21.1. The van der Waals surface area contributed by atoms with Crippen LogP contribution in [-0.4, -0.2) is 63.3 Å². The van der Waals surface area contributed by atoms with Gasteiger partial charge in [-0.05, 0) is 85.3 Å². The molecule has 0 aliphatic carbocycles. The van der Waals surface area contributed by atoms with Crippen LogP contribution in [0.4, 0.5) is 5.69 Å². The molecule has 33 heavy (non-hydrogen) atoms. The van der Waals surface area contributed by atoms with Gasteiger partial charge < -0.3 is 15.5 Å². The molecule has 1 amide bonds. The van der Waals surface area contributed by atoms with Crippen molar-refractivity contribution in [3.63, 3.8) is 0 Å². The highest BCUT2D eigenvalue weighted by Gasteiger charge is 2.33. The number of fused-ring (bicyclic) bond motifs is 1. The first-order valence-electron chi connectivity index (χ1n) is 11.7. The molecule has 180 valence electrons. The zero-order valence-electron chi connectivity index (χ0n) is 19.4. The summed E-state index contributed by atoms with van der Waals surface area (Å²) in [6.45, 7) is 3.52. The number of benzene rings is 1. The highest BCUT2D eigenvalue weighted by Crippen LogP contribution is 2.30. The molecule has 2 atom stereocenters. The molecule has 0 unspecified atom stereocenters. The third-order valence-corrected chi connectivity index (χ3v) is 9.30. The first kappa shape index (κ1) is 24.2. The van der Waals surface area contributed by atoms with E-state index in [2.05, 4.69) is 15.5 Å². The van der Waals surface area contributed by atoms with E-state index in [1.807, 2.05) is 16.8 Å². The topological polar surface area (TPSA) is 81.8 Å². The van der Waals surface area contributed by atoms with E-state index in [-0.39, 0.29) is 10.8 Å². The van der Waals surface area contributed by atoms with Crippen molar-refractivity contribution in [3.8, 4) is 0 Å². The summed E-state index contributed by atoms with van der Waals surface area (Å²) >= 11 is 1.61. The third-order valence-electron chi connectivity index (χ3n) is 6.78. The Morgan fingerprint density at radius 2 is 1.97 bits per heavy atom. The van der Waals surface area contributed by atoms with Crippen LogP contribution in [0, 0.1) is 5.92 Å². The Morgan fingerprint density at radius 1 is 1.15 bits per heavy atom. The van der Waals surface area contributed by atoms with Gasteiger partial charge in [-0.15, -0.1) is 0 Å². The van der Waals surface area contributed by atoms with Crippen LogP contribution >= 0.6 is 11.3 Å². The summed E-state index contributed by atoms with van der Waals surface area (Å²) in [5.74, 6) is 0.227. The number of hydrogen-bond donors (Lipinski definition) is 2. The van der Waals surface area contributed by atoms with Crippen molar-refractivity contribution < 1.29 is 13.2 Å². The highest BCUT2D eigenvalue weighted by molar-refractivity contribution is 7.89. The summed E-state index contributed by atoms with van der Waals surface area (Å²) in [5, 5.41) is 10.4. The quantitative estimate of drug-likeness (QED) is 0.591. The largest absolute Gasteiger partial charge is 0.381 e. The van der Waals surface area contributed by atoms with Crippen molar-refractivity contribution in [3.05, 3.63) is 46.2 Å². The molecule has 2 aliphatic rings. The molecule has 9 heteroatoms. The van der Waals surface area contributed by atoms with Crippen LogP contribution in [0.25, 0.3) is 0 Å². The average molecular weight is 491 g/mol. The molecule has 0 spiro atoms. The molecule has 1 aromatic heterocycles. The number of nitrogens with one attached hydrogen (secondary N) is 2. The van der Waals surface area contributed by atoms with Crippen LogP contribution in [0.5, 0.6) is 0 Å². The van der Waals surface area contributed by atoms with Gasteiger partial charge in [0.1, 0.15) is 0 Å². The minimum absolute atomic E-state index is 0.115. The van der Waals surface area contributed by atoms with E-state index >= 15 is 0 Å². The van der Waals surface area contributed by atoms with Crippen LogP contribution in [-0.2, 0) is 16.6 Å². The lowest BCUT2D eigenvalue weighted by Crippen LogP contribution is -2.51. The van der Waals surface area contributed by atoms with E-state index in [0.29, 0.717) is 36.3 Å². The van der Waals surface area contributed by atoms with Crippen LogP contribution < -0.4 is 10.6 Å². The van der Waals surface area contributed by atoms with Crippen LogP contribution in [0.3, 0.4) is 0 Å². The first-order valence-corrected chi connectivity index (χ1v) is 14.1. The number of carbonyl (C=O) groups excluding carboxylic acids is 1. The highest BCUT2D eigenvalue weighted by atomic mass is 32.2. The van der Waals surface area contributed by atoms with Gasteiger partial charge in [-0.25, -0.2) is 12.7 Å². The summed E-state index contributed by atoms with van der Waals surface area (Å²) in [5.41, 5.74) is 2.09. The maximum absolute atomic E-state index is 13.1. The zero-order chi connectivity index (χ0) is 23.4. The second-order valence-corrected chi connectivity index (χ2v) is 12.2.